The number of nitrogens with zero attached hydrogens (tertiary/aromatic N) is 2. The van der Waals surface area contributed by atoms with Crippen LogP contribution in [0.2, 0.25) is 0 Å². The van der Waals surface area contributed by atoms with Gasteiger partial charge in [0.2, 0.25) is 0 Å². The Kier molecular flexibility index (Phi) is 3.74. The molecule has 0 saturated carbocycles. The van der Waals surface area contributed by atoms with Crippen molar-refractivity contribution in [1.82, 2.24) is 9.97 Å². The monoisotopic (exact) mass is 298 g/mol. The second-order valence-corrected chi connectivity index (χ2v) is 4.94. The first-order chi connectivity index (χ1) is 7.79. The van der Waals surface area contributed by atoms with Crippen molar-refractivity contribution in [3.8, 4) is 0 Å². The Balaban J connectivity index is 2.02. The van der Waals surface area contributed by atoms with E-state index in [1.165, 1.54) is 11.2 Å². The molecule has 16 heavy (non-hydrogen) atoms. The number of aromatic nitrogens is 2. The van der Waals surface area contributed by atoms with Gasteiger partial charge in [0.1, 0.15) is 18.0 Å². The molecule has 0 unspecified atom stereocenters. The first-order valence-electron chi connectivity index (χ1n) is 4.75. The van der Waals surface area contributed by atoms with E-state index in [9.17, 15) is 0 Å². The van der Waals surface area contributed by atoms with Gasteiger partial charge in [-0.2, -0.15) is 0 Å². The Labute approximate surface area is 106 Å². The maximum Gasteiger partial charge on any atom is 0.131 e. The molecule has 0 aromatic carbocycles. The molecule has 2 N–H and O–H groups in total. The quantitative estimate of drug-likeness (QED) is 0.911. The lowest BCUT2D eigenvalue weighted by molar-refractivity contribution is 1.09. The Morgan fingerprint density at radius 2 is 2.19 bits per heavy atom. The van der Waals surface area contributed by atoms with Crippen LogP contribution in [-0.2, 0) is 6.54 Å². The van der Waals surface area contributed by atoms with Crippen molar-refractivity contribution in [1.29, 1.82) is 0 Å². The number of hydrogen-bond acceptors (Lipinski definition) is 5. The minimum Gasteiger partial charge on any atom is -0.373 e. The summed E-state index contributed by atoms with van der Waals surface area (Å²) in [6.07, 6.45) is 1.54. The molecule has 0 atom stereocenters. The predicted octanol–water partition coefficient (Wildman–Crippen LogP) is 2.95. The van der Waals surface area contributed by atoms with Crippen molar-refractivity contribution in [3.05, 3.63) is 33.2 Å². The molecule has 4 nitrogen and oxygen atoms in total. The smallest absolute Gasteiger partial charge is 0.131 e. The molecule has 0 aliphatic heterocycles. The van der Waals surface area contributed by atoms with Crippen molar-refractivity contribution in [2.45, 2.75) is 6.54 Å². The number of anilines is 2. The number of thiophene rings is 1. The summed E-state index contributed by atoms with van der Waals surface area (Å²) < 4.78 is 1.13. The molecule has 0 radical (unpaired) electrons. The molecular formula is C10H11BrN4S. The van der Waals surface area contributed by atoms with Crippen LogP contribution in [0, 0.1) is 0 Å². The first-order valence-corrected chi connectivity index (χ1v) is 6.42. The summed E-state index contributed by atoms with van der Waals surface area (Å²) in [6, 6.07) is 3.92. The molecule has 2 rings (SSSR count). The molecule has 2 heterocycles. The Morgan fingerprint density at radius 3 is 2.88 bits per heavy atom. The van der Waals surface area contributed by atoms with Gasteiger partial charge in [-0.25, -0.2) is 9.97 Å². The molecule has 6 heteroatoms. The fourth-order valence-electron chi connectivity index (χ4n) is 1.21. The van der Waals surface area contributed by atoms with Gasteiger partial charge in [-0.15, -0.1) is 11.3 Å². The van der Waals surface area contributed by atoms with Gasteiger partial charge < -0.3 is 10.6 Å². The van der Waals surface area contributed by atoms with Crippen LogP contribution in [0.1, 0.15) is 4.88 Å². The minimum absolute atomic E-state index is 0.762. The van der Waals surface area contributed by atoms with E-state index in [2.05, 4.69) is 41.9 Å². The largest absolute Gasteiger partial charge is 0.373 e. The van der Waals surface area contributed by atoms with Gasteiger partial charge in [0.05, 0.1) is 6.54 Å². The summed E-state index contributed by atoms with van der Waals surface area (Å²) in [4.78, 5) is 9.45. The van der Waals surface area contributed by atoms with Gasteiger partial charge >= 0.3 is 0 Å². The highest BCUT2D eigenvalue weighted by molar-refractivity contribution is 9.10. The van der Waals surface area contributed by atoms with E-state index in [1.54, 1.807) is 11.3 Å². The minimum atomic E-state index is 0.762. The highest BCUT2D eigenvalue weighted by Crippen LogP contribution is 2.23. The molecule has 84 valence electrons. The third-order valence-electron chi connectivity index (χ3n) is 2.04. The number of nitrogens with one attached hydrogen (secondary N) is 2. The summed E-state index contributed by atoms with van der Waals surface area (Å²) in [6.45, 7) is 0.762. The Bertz CT molecular complexity index is 471. The van der Waals surface area contributed by atoms with E-state index >= 15 is 0 Å². The Morgan fingerprint density at radius 1 is 1.38 bits per heavy atom. The third kappa shape index (κ3) is 2.70. The summed E-state index contributed by atoms with van der Waals surface area (Å²) in [5.41, 5.74) is 0. The van der Waals surface area contributed by atoms with Crippen molar-refractivity contribution in [2.75, 3.05) is 17.7 Å². The fraction of sp³-hybridized carbons (Fsp3) is 0.200. The SMILES string of the molecule is CNc1cc(NCc2sccc2Br)ncn1. The molecular weight excluding hydrogens is 288 g/mol. The van der Waals surface area contributed by atoms with Gasteiger partial charge in [-0.1, -0.05) is 0 Å². The van der Waals surface area contributed by atoms with Crippen molar-refractivity contribution >= 4 is 38.9 Å². The zero-order valence-electron chi connectivity index (χ0n) is 8.70. The fourth-order valence-corrected chi connectivity index (χ4v) is 2.64. The first kappa shape index (κ1) is 11.3. The van der Waals surface area contributed by atoms with E-state index in [-0.39, 0.29) is 0 Å². The second kappa shape index (κ2) is 5.27. The van der Waals surface area contributed by atoms with Gasteiger partial charge in [0, 0.05) is 22.5 Å². The van der Waals surface area contributed by atoms with E-state index in [0.29, 0.717) is 0 Å². The molecule has 0 fully saturated rings. The third-order valence-corrected chi connectivity index (χ3v) is 3.97. The summed E-state index contributed by atoms with van der Waals surface area (Å²) in [5, 5.41) is 8.28. The predicted molar refractivity (Wildman–Crippen MR) is 70.9 cm³/mol. The highest BCUT2D eigenvalue weighted by Gasteiger charge is 2.02. The standard InChI is InChI=1S/C10H11BrN4S/c1-12-9-4-10(15-6-14-9)13-5-8-7(11)2-3-16-8/h2-4,6H,5H2,1H3,(H2,12,13,14,15). The topological polar surface area (TPSA) is 49.8 Å². The van der Waals surface area contributed by atoms with E-state index in [4.69, 9.17) is 0 Å². The summed E-state index contributed by atoms with van der Waals surface area (Å²) in [7, 11) is 1.84. The van der Waals surface area contributed by atoms with Gasteiger partial charge in [0.15, 0.2) is 0 Å². The summed E-state index contributed by atoms with van der Waals surface area (Å²) in [5.74, 6) is 1.63. The van der Waals surface area contributed by atoms with Gasteiger partial charge in [0.25, 0.3) is 0 Å². The second-order valence-electron chi connectivity index (χ2n) is 3.08. The molecule has 0 spiro atoms. The van der Waals surface area contributed by atoms with Gasteiger partial charge in [-0.3, -0.25) is 0 Å². The average Bonchev–Trinajstić information content (AvgIpc) is 2.72. The van der Waals surface area contributed by atoms with E-state index in [1.807, 2.05) is 19.2 Å². The lowest BCUT2D eigenvalue weighted by atomic mass is 10.4. The lowest BCUT2D eigenvalue weighted by Crippen LogP contribution is -2.02. The van der Waals surface area contributed by atoms with Gasteiger partial charge in [-0.05, 0) is 27.4 Å². The molecule has 0 aliphatic carbocycles. The lowest BCUT2D eigenvalue weighted by Gasteiger charge is -2.05. The Hall–Kier alpha value is -1.14. The zero-order chi connectivity index (χ0) is 11.4. The molecule has 0 saturated heterocycles. The molecule has 2 aromatic heterocycles. The maximum absolute atomic E-state index is 4.14. The molecule has 0 aliphatic rings. The van der Waals surface area contributed by atoms with Crippen LogP contribution in [0.25, 0.3) is 0 Å². The summed E-state index contributed by atoms with van der Waals surface area (Å²) >= 11 is 5.20. The number of rotatable bonds is 4. The van der Waals surface area contributed by atoms with E-state index < -0.39 is 0 Å². The molecule has 0 amide bonds. The maximum atomic E-state index is 4.14. The van der Waals surface area contributed by atoms with Crippen molar-refractivity contribution < 1.29 is 0 Å². The highest BCUT2D eigenvalue weighted by atomic mass is 79.9. The van der Waals surface area contributed by atoms with Crippen LogP contribution in [0.5, 0.6) is 0 Å². The van der Waals surface area contributed by atoms with Crippen LogP contribution in [-0.4, -0.2) is 17.0 Å². The van der Waals surface area contributed by atoms with Crippen LogP contribution >= 0.6 is 27.3 Å². The van der Waals surface area contributed by atoms with Crippen LogP contribution in [0.15, 0.2) is 28.3 Å². The van der Waals surface area contributed by atoms with Crippen LogP contribution in [0.4, 0.5) is 11.6 Å². The molecule has 0 bridgehead atoms. The van der Waals surface area contributed by atoms with Crippen LogP contribution < -0.4 is 10.6 Å². The average molecular weight is 299 g/mol. The van der Waals surface area contributed by atoms with E-state index in [0.717, 1.165) is 22.7 Å². The normalized spacial score (nSPS) is 10.1. The van der Waals surface area contributed by atoms with Crippen LogP contribution in [0.3, 0.4) is 0 Å². The number of halogens is 1. The van der Waals surface area contributed by atoms with Crippen molar-refractivity contribution in [3.63, 3.8) is 0 Å². The zero-order valence-corrected chi connectivity index (χ0v) is 11.1. The number of hydrogen-bond donors (Lipinski definition) is 2. The van der Waals surface area contributed by atoms with Crippen molar-refractivity contribution in [2.24, 2.45) is 0 Å². The molecule has 2 aromatic rings.